The lowest BCUT2D eigenvalue weighted by Crippen LogP contribution is -2.13. The van der Waals surface area contributed by atoms with Gasteiger partial charge in [-0.05, 0) is 60.9 Å². The summed E-state index contributed by atoms with van der Waals surface area (Å²) in [7, 11) is -3.64. The maximum atomic E-state index is 12.4. The highest BCUT2D eigenvalue weighted by Gasteiger charge is 2.15. The maximum Gasteiger partial charge on any atom is 0.263 e. The smallest absolute Gasteiger partial charge is 0.263 e. The van der Waals surface area contributed by atoms with Gasteiger partial charge in [0.1, 0.15) is 4.90 Å². The molecule has 0 unspecified atom stereocenters. The van der Waals surface area contributed by atoms with Gasteiger partial charge in [0.05, 0.1) is 0 Å². The van der Waals surface area contributed by atoms with Crippen molar-refractivity contribution < 1.29 is 8.42 Å². The fourth-order valence-corrected chi connectivity index (χ4v) is 3.51. The van der Waals surface area contributed by atoms with Crippen LogP contribution >= 0.6 is 0 Å². The lowest BCUT2D eigenvalue weighted by Gasteiger charge is -2.12. The first-order valence-electron chi connectivity index (χ1n) is 7.42. The zero-order valence-electron chi connectivity index (χ0n) is 13.4. The number of aromatic nitrogens is 2. The second-order valence-electron chi connectivity index (χ2n) is 5.51. The van der Waals surface area contributed by atoms with Gasteiger partial charge in [-0.25, -0.2) is 8.42 Å². The largest absolute Gasteiger partial charge is 0.280 e. The summed E-state index contributed by atoms with van der Waals surface area (Å²) in [4.78, 5) is 8.15. The Morgan fingerprint density at radius 2 is 1.67 bits per heavy atom. The molecule has 5 nitrogen and oxygen atoms in total. The van der Waals surface area contributed by atoms with Crippen LogP contribution in [-0.4, -0.2) is 18.4 Å². The van der Waals surface area contributed by atoms with Crippen molar-refractivity contribution in [2.24, 2.45) is 0 Å². The molecule has 0 atom stereocenters. The fourth-order valence-electron chi connectivity index (χ4n) is 2.50. The zero-order chi connectivity index (χ0) is 17.2. The Morgan fingerprint density at radius 3 is 2.33 bits per heavy atom. The summed E-state index contributed by atoms with van der Waals surface area (Å²) in [6.07, 6.45) is 6.43. The number of anilines is 1. The van der Waals surface area contributed by atoms with Crippen molar-refractivity contribution in [3.63, 3.8) is 0 Å². The molecule has 2 heterocycles. The minimum atomic E-state index is -3.64. The van der Waals surface area contributed by atoms with Crippen LogP contribution in [0.5, 0.6) is 0 Å². The molecule has 1 N–H and O–H groups in total. The van der Waals surface area contributed by atoms with Gasteiger partial charge in [0.25, 0.3) is 10.0 Å². The monoisotopic (exact) mass is 339 g/mol. The van der Waals surface area contributed by atoms with Gasteiger partial charge in [-0.1, -0.05) is 6.07 Å². The first kappa shape index (κ1) is 16.1. The molecule has 6 heteroatoms. The van der Waals surface area contributed by atoms with Crippen molar-refractivity contribution in [2.75, 3.05) is 4.72 Å². The number of sulfonamides is 1. The van der Waals surface area contributed by atoms with E-state index in [-0.39, 0.29) is 4.90 Å². The van der Waals surface area contributed by atoms with E-state index in [1.165, 1.54) is 18.5 Å². The number of hydrogen-bond donors (Lipinski definition) is 1. The third-order valence-electron chi connectivity index (χ3n) is 3.75. The fraction of sp³-hybridized carbons (Fsp3) is 0.111. The number of benzene rings is 1. The van der Waals surface area contributed by atoms with E-state index in [2.05, 4.69) is 14.7 Å². The topological polar surface area (TPSA) is 72.0 Å². The van der Waals surface area contributed by atoms with E-state index in [0.29, 0.717) is 5.69 Å². The van der Waals surface area contributed by atoms with Crippen molar-refractivity contribution in [1.29, 1.82) is 0 Å². The second kappa shape index (κ2) is 6.41. The van der Waals surface area contributed by atoms with Crippen LogP contribution < -0.4 is 4.72 Å². The summed E-state index contributed by atoms with van der Waals surface area (Å²) < 4.78 is 27.3. The number of nitrogens with one attached hydrogen (secondary N) is 1. The van der Waals surface area contributed by atoms with Crippen molar-refractivity contribution in [3.05, 3.63) is 72.3 Å². The van der Waals surface area contributed by atoms with Crippen LogP contribution in [0.4, 0.5) is 5.69 Å². The van der Waals surface area contributed by atoms with Gasteiger partial charge in [-0.15, -0.1) is 0 Å². The summed E-state index contributed by atoms with van der Waals surface area (Å²) in [5.74, 6) is 0. The Hall–Kier alpha value is -2.73. The number of nitrogens with zero attached hydrogens (tertiary/aromatic N) is 2. The summed E-state index contributed by atoms with van der Waals surface area (Å²) in [6, 6.07) is 10.5. The molecule has 0 aliphatic heterocycles. The number of hydrogen-bond acceptors (Lipinski definition) is 4. The molecule has 0 saturated heterocycles. The van der Waals surface area contributed by atoms with E-state index in [0.717, 1.165) is 22.3 Å². The van der Waals surface area contributed by atoms with Crippen LogP contribution in [0.2, 0.25) is 0 Å². The lowest BCUT2D eigenvalue weighted by molar-refractivity contribution is 0.601. The van der Waals surface area contributed by atoms with Gasteiger partial charge in [-0.2, -0.15) is 0 Å². The maximum absolute atomic E-state index is 12.4. The van der Waals surface area contributed by atoms with E-state index in [1.807, 2.05) is 38.2 Å². The highest BCUT2D eigenvalue weighted by molar-refractivity contribution is 7.92. The van der Waals surface area contributed by atoms with Crippen molar-refractivity contribution in [2.45, 2.75) is 18.7 Å². The average molecular weight is 339 g/mol. The first-order valence-corrected chi connectivity index (χ1v) is 8.90. The highest BCUT2D eigenvalue weighted by atomic mass is 32.2. The van der Waals surface area contributed by atoms with Gasteiger partial charge >= 0.3 is 0 Å². The molecular formula is C18H17N3O2S. The molecule has 3 rings (SSSR count). The normalized spacial score (nSPS) is 11.2. The molecule has 0 aliphatic rings. The molecule has 0 radical (unpaired) electrons. The number of pyridine rings is 2. The van der Waals surface area contributed by atoms with E-state index >= 15 is 0 Å². The molecule has 3 aromatic rings. The van der Waals surface area contributed by atoms with Crippen LogP contribution in [0.15, 0.2) is 66.1 Å². The van der Waals surface area contributed by atoms with E-state index < -0.39 is 10.0 Å². The number of aryl methyl sites for hydroxylation is 2. The quantitative estimate of drug-likeness (QED) is 0.789. The molecule has 0 bridgehead atoms. The third-order valence-corrected chi connectivity index (χ3v) is 5.12. The van der Waals surface area contributed by atoms with Crippen molar-refractivity contribution in [1.82, 2.24) is 9.97 Å². The molecule has 122 valence electrons. The SMILES string of the molecule is Cc1cc(NS(=O)(=O)c2cccnc2)ccc1-c1cnccc1C. The van der Waals surface area contributed by atoms with Crippen LogP contribution in [0.3, 0.4) is 0 Å². The predicted molar refractivity (Wildman–Crippen MR) is 94.2 cm³/mol. The van der Waals surface area contributed by atoms with Crippen molar-refractivity contribution >= 4 is 15.7 Å². The first-order chi connectivity index (χ1) is 11.5. The molecule has 2 aromatic heterocycles. The molecule has 1 aromatic carbocycles. The Balaban J connectivity index is 1.92. The van der Waals surface area contributed by atoms with Crippen LogP contribution in [-0.2, 0) is 10.0 Å². The molecule has 0 fully saturated rings. The van der Waals surface area contributed by atoms with Crippen molar-refractivity contribution in [3.8, 4) is 11.1 Å². The van der Waals surface area contributed by atoms with Gasteiger partial charge < -0.3 is 0 Å². The molecule has 0 saturated carbocycles. The van der Waals surface area contributed by atoms with Gasteiger partial charge in [0.15, 0.2) is 0 Å². The Morgan fingerprint density at radius 1 is 0.875 bits per heavy atom. The lowest BCUT2D eigenvalue weighted by atomic mass is 9.98. The second-order valence-corrected chi connectivity index (χ2v) is 7.20. The summed E-state index contributed by atoms with van der Waals surface area (Å²) in [5.41, 5.74) is 4.68. The minimum Gasteiger partial charge on any atom is -0.280 e. The third kappa shape index (κ3) is 3.28. The molecule has 24 heavy (non-hydrogen) atoms. The summed E-state index contributed by atoms with van der Waals surface area (Å²) in [5, 5.41) is 0. The van der Waals surface area contributed by atoms with Gasteiger partial charge in [-0.3, -0.25) is 14.7 Å². The Kier molecular flexibility index (Phi) is 4.31. The Bertz CT molecular complexity index is 971. The van der Waals surface area contributed by atoms with E-state index in [1.54, 1.807) is 18.3 Å². The van der Waals surface area contributed by atoms with E-state index in [9.17, 15) is 8.42 Å². The highest BCUT2D eigenvalue weighted by Crippen LogP contribution is 2.28. The summed E-state index contributed by atoms with van der Waals surface area (Å²) in [6.45, 7) is 3.97. The minimum absolute atomic E-state index is 0.134. The van der Waals surface area contributed by atoms with Crippen LogP contribution in [0.1, 0.15) is 11.1 Å². The number of rotatable bonds is 4. The standard InChI is InChI=1S/C18H17N3O2S/c1-13-7-9-20-12-18(13)17-6-5-15(10-14(17)2)21-24(22,23)16-4-3-8-19-11-16/h3-12,21H,1-2H3. The average Bonchev–Trinajstić information content (AvgIpc) is 2.56. The van der Waals surface area contributed by atoms with Crippen LogP contribution in [0, 0.1) is 13.8 Å². The molecule has 0 aliphatic carbocycles. The Labute approximate surface area is 141 Å². The summed E-state index contributed by atoms with van der Waals surface area (Å²) >= 11 is 0. The molecular weight excluding hydrogens is 322 g/mol. The molecule has 0 amide bonds. The van der Waals surface area contributed by atoms with Gasteiger partial charge in [0.2, 0.25) is 0 Å². The predicted octanol–water partition coefficient (Wildman–Crippen LogP) is 3.56. The molecule has 0 spiro atoms. The van der Waals surface area contributed by atoms with E-state index in [4.69, 9.17) is 0 Å². The zero-order valence-corrected chi connectivity index (χ0v) is 14.2. The van der Waals surface area contributed by atoms with Gasteiger partial charge in [0, 0.05) is 36.0 Å². The van der Waals surface area contributed by atoms with Crippen LogP contribution in [0.25, 0.3) is 11.1 Å².